The molecule has 5 nitrogen and oxygen atoms in total. The topological polar surface area (TPSA) is 76.1 Å². The second kappa shape index (κ2) is 4.85. The van der Waals surface area contributed by atoms with E-state index in [-0.39, 0.29) is 11.8 Å². The molecule has 2 aromatic rings. The van der Waals surface area contributed by atoms with Gasteiger partial charge >= 0.3 is 0 Å². The first-order valence-corrected chi connectivity index (χ1v) is 6.37. The standard InChI is InChI=1S/C15H12N2O3/c18-8-13-10-4-2-1-3-9(10)12(7-16-13)11-5-6-14(19)17-15(11)20/h1-4,7-8,11H,5-6H2,(H,17,19,20). The largest absolute Gasteiger partial charge is 0.296 e. The smallest absolute Gasteiger partial charge is 0.234 e. The monoisotopic (exact) mass is 268 g/mol. The van der Waals surface area contributed by atoms with Gasteiger partial charge in [-0.1, -0.05) is 24.3 Å². The Labute approximate surface area is 115 Å². The van der Waals surface area contributed by atoms with Gasteiger partial charge in [0.25, 0.3) is 0 Å². The number of piperidine rings is 1. The van der Waals surface area contributed by atoms with Gasteiger partial charge in [-0.2, -0.15) is 0 Å². The van der Waals surface area contributed by atoms with Crippen LogP contribution < -0.4 is 5.32 Å². The Morgan fingerprint density at radius 2 is 1.95 bits per heavy atom. The summed E-state index contributed by atoms with van der Waals surface area (Å²) in [6, 6.07) is 7.35. The minimum Gasteiger partial charge on any atom is -0.296 e. The van der Waals surface area contributed by atoms with E-state index in [1.165, 1.54) is 0 Å². The van der Waals surface area contributed by atoms with Crippen molar-refractivity contribution in [2.45, 2.75) is 18.8 Å². The zero-order valence-electron chi connectivity index (χ0n) is 10.6. The molecule has 1 aromatic heterocycles. The van der Waals surface area contributed by atoms with Crippen LogP contribution in [0.1, 0.15) is 34.8 Å². The molecule has 0 aliphatic carbocycles. The van der Waals surface area contributed by atoms with Crippen molar-refractivity contribution < 1.29 is 14.4 Å². The first-order chi connectivity index (χ1) is 9.70. The number of carbonyl (C=O) groups excluding carboxylic acids is 3. The molecule has 1 aliphatic heterocycles. The minimum atomic E-state index is -0.397. The lowest BCUT2D eigenvalue weighted by Crippen LogP contribution is -2.39. The van der Waals surface area contributed by atoms with Crippen LogP contribution in [0.3, 0.4) is 0 Å². The second-order valence-corrected chi connectivity index (χ2v) is 4.77. The number of hydrogen-bond donors (Lipinski definition) is 1. The highest BCUT2D eigenvalue weighted by Gasteiger charge is 2.29. The van der Waals surface area contributed by atoms with Gasteiger partial charge in [-0.3, -0.25) is 24.7 Å². The summed E-state index contributed by atoms with van der Waals surface area (Å²) in [6.07, 6.45) is 3.06. The van der Waals surface area contributed by atoms with E-state index < -0.39 is 5.92 Å². The Morgan fingerprint density at radius 1 is 1.20 bits per heavy atom. The highest BCUT2D eigenvalue weighted by molar-refractivity contribution is 6.04. The number of pyridine rings is 1. The lowest BCUT2D eigenvalue weighted by Gasteiger charge is -2.22. The predicted molar refractivity (Wildman–Crippen MR) is 72.3 cm³/mol. The number of fused-ring (bicyclic) bond motifs is 1. The average Bonchev–Trinajstić information content (AvgIpc) is 2.47. The van der Waals surface area contributed by atoms with Crippen molar-refractivity contribution in [1.29, 1.82) is 0 Å². The Balaban J connectivity index is 2.15. The molecular weight excluding hydrogens is 256 g/mol. The third kappa shape index (κ3) is 1.97. The van der Waals surface area contributed by atoms with Gasteiger partial charge in [0.05, 0.1) is 5.92 Å². The molecule has 0 bridgehead atoms. The number of hydrogen-bond acceptors (Lipinski definition) is 4. The molecule has 1 aliphatic rings. The van der Waals surface area contributed by atoms with Gasteiger partial charge in [0.1, 0.15) is 5.69 Å². The molecule has 1 saturated heterocycles. The Morgan fingerprint density at radius 3 is 2.65 bits per heavy atom. The number of aromatic nitrogens is 1. The minimum absolute atomic E-state index is 0.243. The third-order valence-electron chi connectivity index (χ3n) is 3.58. The summed E-state index contributed by atoms with van der Waals surface area (Å²) in [5.74, 6) is -0.939. The van der Waals surface area contributed by atoms with E-state index in [0.29, 0.717) is 24.8 Å². The molecule has 20 heavy (non-hydrogen) atoms. The van der Waals surface area contributed by atoms with Gasteiger partial charge in [-0.25, -0.2) is 0 Å². The predicted octanol–water partition coefficient (Wildman–Crippen LogP) is 1.57. The fourth-order valence-corrected chi connectivity index (χ4v) is 2.60. The van der Waals surface area contributed by atoms with Crippen molar-refractivity contribution >= 4 is 28.9 Å². The zero-order chi connectivity index (χ0) is 14.1. The lowest BCUT2D eigenvalue weighted by molar-refractivity contribution is -0.134. The summed E-state index contributed by atoms with van der Waals surface area (Å²) in [5, 5.41) is 3.91. The van der Waals surface area contributed by atoms with E-state index in [2.05, 4.69) is 10.3 Å². The molecule has 2 amide bonds. The van der Waals surface area contributed by atoms with E-state index >= 15 is 0 Å². The maximum absolute atomic E-state index is 12.0. The van der Waals surface area contributed by atoms with Crippen LogP contribution >= 0.6 is 0 Å². The zero-order valence-corrected chi connectivity index (χ0v) is 10.6. The Kier molecular flexibility index (Phi) is 3.02. The van der Waals surface area contributed by atoms with Crippen LogP contribution in [-0.2, 0) is 9.59 Å². The van der Waals surface area contributed by atoms with Crippen molar-refractivity contribution in [3.8, 4) is 0 Å². The van der Waals surface area contributed by atoms with Gasteiger partial charge < -0.3 is 0 Å². The SMILES string of the molecule is O=Cc1ncc(C2CCC(=O)NC2=O)c2ccccc12. The van der Waals surface area contributed by atoms with E-state index in [0.717, 1.165) is 16.3 Å². The summed E-state index contributed by atoms with van der Waals surface area (Å²) in [7, 11) is 0. The van der Waals surface area contributed by atoms with E-state index in [9.17, 15) is 14.4 Å². The van der Waals surface area contributed by atoms with E-state index in [1.807, 2.05) is 18.2 Å². The average molecular weight is 268 g/mol. The van der Waals surface area contributed by atoms with Crippen molar-refractivity contribution in [3.63, 3.8) is 0 Å². The molecular formula is C15H12N2O3. The fraction of sp³-hybridized carbons (Fsp3) is 0.200. The molecule has 5 heteroatoms. The fourth-order valence-electron chi connectivity index (χ4n) is 2.60. The molecule has 1 N–H and O–H groups in total. The van der Waals surface area contributed by atoms with Gasteiger partial charge in [0.2, 0.25) is 11.8 Å². The van der Waals surface area contributed by atoms with E-state index in [4.69, 9.17) is 0 Å². The van der Waals surface area contributed by atoms with Crippen LogP contribution in [0.4, 0.5) is 0 Å². The molecule has 1 aromatic carbocycles. The molecule has 2 heterocycles. The summed E-state index contributed by atoms with van der Waals surface area (Å²) in [6.45, 7) is 0. The quantitative estimate of drug-likeness (QED) is 0.662. The first kappa shape index (κ1) is 12.5. The van der Waals surface area contributed by atoms with Crippen LogP contribution in [0, 0.1) is 0 Å². The number of nitrogens with one attached hydrogen (secondary N) is 1. The van der Waals surface area contributed by atoms with Crippen LogP contribution in [0.15, 0.2) is 30.5 Å². The Hall–Kier alpha value is -2.56. The number of aldehydes is 1. The number of carbonyl (C=O) groups is 3. The highest BCUT2D eigenvalue weighted by atomic mass is 16.2. The van der Waals surface area contributed by atoms with Gasteiger partial charge in [0, 0.05) is 18.0 Å². The number of imide groups is 1. The summed E-state index contributed by atoms with van der Waals surface area (Å²) in [4.78, 5) is 38.3. The van der Waals surface area contributed by atoms with Crippen molar-refractivity contribution in [1.82, 2.24) is 10.3 Å². The van der Waals surface area contributed by atoms with Crippen LogP contribution in [0.2, 0.25) is 0 Å². The van der Waals surface area contributed by atoms with Gasteiger partial charge in [0.15, 0.2) is 6.29 Å². The molecule has 100 valence electrons. The lowest BCUT2D eigenvalue weighted by atomic mass is 9.88. The second-order valence-electron chi connectivity index (χ2n) is 4.77. The third-order valence-corrected chi connectivity index (χ3v) is 3.58. The molecule has 1 unspecified atom stereocenters. The van der Waals surface area contributed by atoms with Crippen LogP contribution in [0.5, 0.6) is 0 Å². The van der Waals surface area contributed by atoms with Crippen molar-refractivity contribution in [2.75, 3.05) is 0 Å². The van der Waals surface area contributed by atoms with Crippen molar-refractivity contribution in [2.24, 2.45) is 0 Å². The number of rotatable bonds is 2. The first-order valence-electron chi connectivity index (χ1n) is 6.37. The Bertz CT molecular complexity index is 724. The maximum atomic E-state index is 12.0. The van der Waals surface area contributed by atoms with E-state index in [1.54, 1.807) is 12.3 Å². The summed E-state index contributed by atoms with van der Waals surface area (Å²) < 4.78 is 0. The van der Waals surface area contributed by atoms with Gasteiger partial charge in [-0.05, 0) is 17.4 Å². The van der Waals surface area contributed by atoms with Crippen molar-refractivity contribution in [3.05, 3.63) is 41.7 Å². The molecule has 1 atom stereocenters. The molecule has 3 rings (SSSR count). The molecule has 0 radical (unpaired) electrons. The molecule has 1 fully saturated rings. The molecule has 0 spiro atoms. The summed E-state index contributed by atoms with van der Waals surface area (Å²) >= 11 is 0. The number of benzene rings is 1. The molecule has 0 saturated carbocycles. The maximum Gasteiger partial charge on any atom is 0.234 e. The highest BCUT2D eigenvalue weighted by Crippen LogP contribution is 2.31. The normalized spacial score (nSPS) is 18.9. The van der Waals surface area contributed by atoms with Crippen LogP contribution in [0.25, 0.3) is 10.8 Å². The number of nitrogens with zero attached hydrogens (tertiary/aromatic N) is 1. The summed E-state index contributed by atoms with van der Waals surface area (Å²) in [5.41, 5.74) is 1.12. The van der Waals surface area contributed by atoms with Gasteiger partial charge in [-0.15, -0.1) is 0 Å². The number of amides is 2. The van der Waals surface area contributed by atoms with Crippen LogP contribution in [-0.4, -0.2) is 23.1 Å².